The summed E-state index contributed by atoms with van der Waals surface area (Å²) in [4.78, 5) is 17.0. The van der Waals surface area contributed by atoms with E-state index >= 15 is 0 Å². The summed E-state index contributed by atoms with van der Waals surface area (Å²) in [6.07, 6.45) is -12.5. The summed E-state index contributed by atoms with van der Waals surface area (Å²) in [6, 6.07) is -4.94. The molecule has 0 aromatic heterocycles. The number of carbonyl (C=O) groups is 1. The molecule has 0 radical (unpaired) electrons. The fourth-order valence-corrected chi connectivity index (χ4v) is 5.89. The number of aliphatic hydroxyl groups is 6. The average Bonchev–Trinajstić information content (AvgIpc) is 3.62. The van der Waals surface area contributed by atoms with Crippen LogP contribution in [0, 0.1) is 0 Å². The van der Waals surface area contributed by atoms with E-state index in [1.165, 1.54) is 0 Å². The maximum absolute atomic E-state index is 13.1. The van der Waals surface area contributed by atoms with E-state index in [-0.39, 0.29) is 25.2 Å². The van der Waals surface area contributed by atoms with E-state index in [2.05, 4.69) is 15.6 Å². The minimum atomic E-state index is -1.92. The first-order chi connectivity index (χ1) is 20.7. The Kier molecular flexibility index (Phi) is 11.4. The van der Waals surface area contributed by atoms with Gasteiger partial charge in [-0.15, -0.1) is 0 Å². The zero-order valence-electron chi connectivity index (χ0n) is 24.5. The van der Waals surface area contributed by atoms with Crippen LogP contribution in [0.3, 0.4) is 0 Å². The summed E-state index contributed by atoms with van der Waals surface area (Å²) in [7, 11) is 0. The Hall–Kier alpha value is -1.82. The van der Waals surface area contributed by atoms with E-state index in [1.807, 2.05) is 6.92 Å². The molecule has 254 valence electrons. The molecule has 0 aromatic rings. The molecule has 0 spiro atoms. The number of amides is 1. The van der Waals surface area contributed by atoms with E-state index in [1.54, 1.807) is 0 Å². The van der Waals surface area contributed by atoms with E-state index in [4.69, 9.17) is 47.6 Å². The number of aliphatic imine (C=N–C) groups is 1. The van der Waals surface area contributed by atoms with Crippen molar-refractivity contribution in [3.63, 3.8) is 0 Å². The van der Waals surface area contributed by atoms with E-state index in [0.717, 1.165) is 0 Å². The number of likely N-dealkylation sites (N-methyl/N-ethyl adjacent to an activating group) is 1. The number of hydrogen-bond acceptors (Lipinski definition) is 16. The quantitative estimate of drug-likeness (QED) is 0.0739. The van der Waals surface area contributed by atoms with Crippen LogP contribution in [-0.2, 0) is 23.7 Å². The molecule has 4 fully saturated rings. The lowest BCUT2D eigenvalue weighted by molar-refractivity contribution is -0.316. The fraction of sp³-hybridized carbons (Fsp3) is 0.920. The summed E-state index contributed by atoms with van der Waals surface area (Å²) < 4.78 is 23.5. The van der Waals surface area contributed by atoms with Crippen molar-refractivity contribution in [3.8, 4) is 0 Å². The lowest BCUT2D eigenvalue weighted by Gasteiger charge is -2.48. The standard InChI is InChI=1S/C25H48N8O11/c1-2-31-6-12-11(35)4-9(27)21(41-12)43-19-8(26)3-10(32-23(39)25(40)5-14(25)33-24(29)30)20(18(19)38)44-22-17(37)15(28)16(36)13(7-34)42-22/h8-22,31,34-38,40H,2-7,26-28H2,1H3,(H,32,39)(H4,29,30,33). The third-order valence-corrected chi connectivity index (χ3v) is 8.64. The van der Waals surface area contributed by atoms with Crippen molar-refractivity contribution in [2.75, 3.05) is 19.7 Å². The molecular formula is C25H48N8O11. The van der Waals surface area contributed by atoms with Gasteiger partial charge in [-0.05, 0) is 19.4 Å². The van der Waals surface area contributed by atoms with Gasteiger partial charge in [0.15, 0.2) is 24.1 Å². The van der Waals surface area contributed by atoms with Crippen LogP contribution in [0.2, 0.25) is 0 Å². The number of aliphatic hydroxyl groups excluding tert-OH is 5. The number of hydrogen-bond donors (Lipinski definition) is 13. The first kappa shape index (κ1) is 35.0. The maximum atomic E-state index is 13.1. The monoisotopic (exact) mass is 636 g/mol. The van der Waals surface area contributed by atoms with Crippen LogP contribution in [0.15, 0.2) is 4.99 Å². The van der Waals surface area contributed by atoms with Gasteiger partial charge in [0.05, 0.1) is 43.0 Å². The van der Waals surface area contributed by atoms with Gasteiger partial charge in [-0.3, -0.25) is 4.79 Å². The second kappa shape index (κ2) is 14.3. The predicted octanol–water partition coefficient (Wildman–Crippen LogP) is -7.71. The summed E-state index contributed by atoms with van der Waals surface area (Å²) in [5.74, 6) is -1.16. The molecule has 0 aromatic carbocycles. The van der Waals surface area contributed by atoms with Gasteiger partial charge in [-0.25, -0.2) is 4.99 Å². The minimum absolute atomic E-state index is 0.0541. The second-order valence-electron chi connectivity index (χ2n) is 12.0. The molecule has 2 saturated heterocycles. The first-order valence-corrected chi connectivity index (χ1v) is 14.8. The van der Waals surface area contributed by atoms with E-state index < -0.39 is 110 Å². The molecule has 16 atom stereocenters. The Morgan fingerprint density at radius 1 is 0.955 bits per heavy atom. The van der Waals surface area contributed by atoms with Crippen molar-refractivity contribution in [2.24, 2.45) is 33.7 Å². The lowest BCUT2D eigenvalue weighted by atomic mass is 9.83. The summed E-state index contributed by atoms with van der Waals surface area (Å²) in [6.45, 7) is 2.20. The van der Waals surface area contributed by atoms with Crippen molar-refractivity contribution >= 4 is 11.9 Å². The second-order valence-corrected chi connectivity index (χ2v) is 12.0. The third kappa shape index (κ3) is 7.42. The van der Waals surface area contributed by atoms with Gasteiger partial charge in [-0.1, -0.05) is 6.92 Å². The number of ether oxygens (including phenoxy) is 4. The first-order valence-electron chi connectivity index (χ1n) is 14.8. The zero-order valence-corrected chi connectivity index (χ0v) is 24.5. The molecule has 19 nitrogen and oxygen atoms in total. The van der Waals surface area contributed by atoms with Crippen LogP contribution in [0.5, 0.6) is 0 Å². The molecule has 1 amide bonds. The van der Waals surface area contributed by atoms with Gasteiger partial charge in [-0.2, -0.15) is 0 Å². The van der Waals surface area contributed by atoms with Crippen LogP contribution in [0.4, 0.5) is 0 Å². The molecule has 44 heavy (non-hydrogen) atoms. The largest absolute Gasteiger partial charge is 0.394 e. The number of nitrogens with one attached hydrogen (secondary N) is 2. The van der Waals surface area contributed by atoms with Crippen LogP contribution in [0.1, 0.15) is 26.2 Å². The van der Waals surface area contributed by atoms with Gasteiger partial charge in [0, 0.05) is 19.0 Å². The predicted molar refractivity (Wildman–Crippen MR) is 151 cm³/mol. The molecule has 16 unspecified atom stereocenters. The highest BCUT2D eigenvalue weighted by Gasteiger charge is 2.61. The molecule has 18 N–H and O–H groups in total. The highest BCUT2D eigenvalue weighted by molar-refractivity contribution is 5.90. The Morgan fingerprint density at radius 3 is 2.25 bits per heavy atom. The summed E-state index contributed by atoms with van der Waals surface area (Å²) in [5.41, 5.74) is 27.4. The third-order valence-electron chi connectivity index (χ3n) is 8.64. The van der Waals surface area contributed by atoms with Crippen molar-refractivity contribution < 1.29 is 54.4 Å². The molecule has 19 heteroatoms. The molecular weight excluding hydrogens is 588 g/mol. The van der Waals surface area contributed by atoms with Crippen molar-refractivity contribution in [2.45, 2.75) is 123 Å². The topological polar surface area (TPSA) is 342 Å². The molecule has 4 rings (SSSR count). The van der Waals surface area contributed by atoms with Gasteiger partial charge in [0.1, 0.15) is 36.6 Å². The molecule has 2 heterocycles. The maximum Gasteiger partial charge on any atom is 0.254 e. The molecule has 2 aliphatic heterocycles. The Morgan fingerprint density at radius 2 is 1.61 bits per heavy atom. The van der Waals surface area contributed by atoms with E-state index in [0.29, 0.717) is 13.1 Å². The summed E-state index contributed by atoms with van der Waals surface area (Å²) in [5, 5.41) is 69.1. The van der Waals surface area contributed by atoms with Gasteiger partial charge >= 0.3 is 0 Å². The highest BCUT2D eigenvalue weighted by Crippen LogP contribution is 2.40. The molecule has 2 aliphatic carbocycles. The molecule has 2 saturated carbocycles. The number of carbonyl (C=O) groups excluding carboxylic acids is 1. The van der Waals surface area contributed by atoms with Crippen molar-refractivity contribution in [1.29, 1.82) is 0 Å². The number of nitrogens with zero attached hydrogens (tertiary/aromatic N) is 1. The molecule has 0 bridgehead atoms. The normalized spacial score (nSPS) is 47.5. The van der Waals surface area contributed by atoms with Crippen LogP contribution >= 0.6 is 0 Å². The van der Waals surface area contributed by atoms with Crippen LogP contribution in [0.25, 0.3) is 0 Å². The van der Waals surface area contributed by atoms with Gasteiger partial charge in [0.2, 0.25) is 0 Å². The summed E-state index contributed by atoms with van der Waals surface area (Å²) >= 11 is 0. The fourth-order valence-electron chi connectivity index (χ4n) is 5.89. The van der Waals surface area contributed by atoms with E-state index in [9.17, 15) is 35.4 Å². The van der Waals surface area contributed by atoms with Gasteiger partial charge < -0.3 is 88.9 Å². The van der Waals surface area contributed by atoms with Crippen molar-refractivity contribution in [3.05, 3.63) is 0 Å². The number of nitrogens with two attached hydrogens (primary N) is 5. The number of rotatable bonds is 11. The van der Waals surface area contributed by atoms with Crippen molar-refractivity contribution in [1.82, 2.24) is 10.6 Å². The number of guanidine groups is 1. The molecule has 4 aliphatic rings. The Balaban J connectivity index is 1.55. The Bertz CT molecular complexity index is 1010. The van der Waals surface area contributed by atoms with Crippen LogP contribution < -0.4 is 39.3 Å². The van der Waals surface area contributed by atoms with Crippen LogP contribution in [-0.4, -0.2) is 159 Å². The zero-order chi connectivity index (χ0) is 32.5. The highest BCUT2D eigenvalue weighted by atomic mass is 16.7. The minimum Gasteiger partial charge on any atom is -0.394 e. The van der Waals surface area contributed by atoms with Gasteiger partial charge in [0.25, 0.3) is 5.91 Å². The Labute approximate surface area is 254 Å². The SMILES string of the molecule is CCNCC1OC(OC2C(N)CC(NC(=O)C3(O)CC3N=C(N)N)C(OC3OC(CO)C(O)C(N)C3O)C2O)C(N)CC1O. The average molecular weight is 637 g/mol. The lowest BCUT2D eigenvalue weighted by Crippen LogP contribution is -2.69. The smallest absolute Gasteiger partial charge is 0.254 e.